The largest absolute Gasteiger partial charge is 0.494 e. The molecule has 5 rings (SSSR count). The summed E-state index contributed by atoms with van der Waals surface area (Å²) in [6, 6.07) is 32.0. The molecule has 5 aromatic rings. The van der Waals surface area contributed by atoms with Gasteiger partial charge in [-0.15, -0.1) is 0 Å². The number of fused-ring (bicyclic) bond motifs is 2. The topological polar surface area (TPSA) is 67.0 Å². The van der Waals surface area contributed by atoms with Crippen LogP contribution in [0.5, 0.6) is 5.75 Å². The van der Waals surface area contributed by atoms with Crippen LogP contribution in [0.2, 0.25) is 0 Å². The lowest BCUT2D eigenvalue weighted by molar-refractivity contribution is -0.112. The molecule has 0 aliphatic carbocycles. The molecule has 176 valence electrons. The fraction of sp³-hybridized carbons (Fsp3) is 0.0968. The predicted molar refractivity (Wildman–Crippen MR) is 145 cm³/mol. The summed E-state index contributed by atoms with van der Waals surface area (Å²) in [7, 11) is 0. The first kappa shape index (κ1) is 22.9. The normalized spacial score (nSPS) is 11.4. The Morgan fingerprint density at radius 3 is 2.61 bits per heavy atom. The molecule has 1 amide bonds. The Morgan fingerprint density at radius 1 is 0.972 bits per heavy atom. The van der Waals surface area contributed by atoms with Gasteiger partial charge in [0.15, 0.2) is 0 Å². The molecule has 0 unspecified atom stereocenters. The standard InChI is InChI=1S/C31H25N3O2/c1-2-36-28-11-7-10-27(18-28)33-31(35)25(19-32)17-26-21-34(30-13-6-5-12-29(26)30)20-22-14-15-23-8-3-4-9-24(23)16-22/h3-18,21H,2,20H2,1H3,(H,33,35)/b25-17-. The maximum absolute atomic E-state index is 12.9. The number of amides is 1. The van der Waals surface area contributed by atoms with Crippen molar-refractivity contribution in [2.75, 3.05) is 11.9 Å². The van der Waals surface area contributed by atoms with Gasteiger partial charge in [-0.3, -0.25) is 4.79 Å². The highest BCUT2D eigenvalue weighted by molar-refractivity contribution is 6.10. The first-order valence-corrected chi connectivity index (χ1v) is 11.9. The Hall–Kier alpha value is -4.82. The van der Waals surface area contributed by atoms with E-state index in [0.29, 0.717) is 24.6 Å². The Kier molecular flexibility index (Phi) is 6.51. The molecule has 0 fully saturated rings. The second-order valence-electron chi connectivity index (χ2n) is 8.50. The summed E-state index contributed by atoms with van der Waals surface area (Å²) in [5, 5.41) is 16.0. The summed E-state index contributed by atoms with van der Waals surface area (Å²) in [6.07, 6.45) is 3.65. The molecule has 36 heavy (non-hydrogen) atoms. The maximum atomic E-state index is 12.9. The molecule has 1 N–H and O–H groups in total. The number of hydrogen-bond acceptors (Lipinski definition) is 3. The molecule has 4 aromatic carbocycles. The second-order valence-corrected chi connectivity index (χ2v) is 8.50. The van der Waals surface area contributed by atoms with Gasteiger partial charge in [0.05, 0.1) is 6.61 Å². The van der Waals surface area contributed by atoms with E-state index in [1.807, 2.05) is 49.5 Å². The van der Waals surface area contributed by atoms with Crippen LogP contribution in [0.15, 0.2) is 103 Å². The van der Waals surface area contributed by atoms with E-state index in [1.54, 1.807) is 24.3 Å². The smallest absolute Gasteiger partial charge is 0.266 e. The van der Waals surface area contributed by atoms with E-state index in [1.165, 1.54) is 16.3 Å². The van der Waals surface area contributed by atoms with Gasteiger partial charge < -0.3 is 14.6 Å². The predicted octanol–water partition coefficient (Wildman–Crippen LogP) is 6.79. The number of nitriles is 1. The van der Waals surface area contributed by atoms with Crippen molar-refractivity contribution in [3.8, 4) is 11.8 Å². The van der Waals surface area contributed by atoms with Gasteiger partial charge in [0.25, 0.3) is 5.91 Å². The lowest BCUT2D eigenvalue weighted by atomic mass is 10.1. The van der Waals surface area contributed by atoms with Crippen molar-refractivity contribution < 1.29 is 9.53 Å². The molecule has 0 bridgehead atoms. The molecule has 0 saturated heterocycles. The van der Waals surface area contributed by atoms with Crippen LogP contribution in [0.25, 0.3) is 27.8 Å². The number of aromatic nitrogens is 1. The van der Waals surface area contributed by atoms with Crippen LogP contribution in [-0.2, 0) is 11.3 Å². The Morgan fingerprint density at radius 2 is 1.78 bits per heavy atom. The van der Waals surface area contributed by atoms with Gasteiger partial charge in [-0.1, -0.05) is 60.7 Å². The minimum Gasteiger partial charge on any atom is -0.494 e. The maximum Gasteiger partial charge on any atom is 0.266 e. The summed E-state index contributed by atoms with van der Waals surface area (Å²) < 4.78 is 7.66. The molecular formula is C31H25N3O2. The number of hydrogen-bond donors (Lipinski definition) is 1. The number of rotatable bonds is 7. The SMILES string of the molecule is CCOc1cccc(NC(=O)/C(C#N)=C\c2cn(Cc3ccc4ccccc4c3)c3ccccc23)c1. The van der Waals surface area contributed by atoms with Crippen molar-refractivity contribution in [2.24, 2.45) is 0 Å². The van der Waals surface area contributed by atoms with Crippen LogP contribution in [0.4, 0.5) is 5.69 Å². The third kappa shape index (κ3) is 4.84. The molecule has 0 saturated carbocycles. The number of carbonyl (C=O) groups excluding carboxylic acids is 1. The van der Waals surface area contributed by atoms with Crippen molar-refractivity contribution in [2.45, 2.75) is 13.5 Å². The summed E-state index contributed by atoms with van der Waals surface area (Å²) >= 11 is 0. The van der Waals surface area contributed by atoms with Crippen molar-refractivity contribution in [1.29, 1.82) is 5.26 Å². The zero-order valence-corrected chi connectivity index (χ0v) is 19.9. The zero-order valence-electron chi connectivity index (χ0n) is 19.9. The summed E-state index contributed by atoms with van der Waals surface area (Å²) in [4.78, 5) is 12.9. The highest BCUT2D eigenvalue weighted by Crippen LogP contribution is 2.26. The Labute approximate surface area is 209 Å². The number of benzene rings is 4. The molecule has 5 heteroatoms. The minimum absolute atomic E-state index is 0.0328. The monoisotopic (exact) mass is 471 g/mol. The van der Waals surface area contributed by atoms with Crippen LogP contribution in [0.3, 0.4) is 0 Å². The lowest BCUT2D eigenvalue weighted by Crippen LogP contribution is -2.13. The number of ether oxygens (including phenoxy) is 1. The van der Waals surface area contributed by atoms with Gasteiger partial charge in [-0.25, -0.2) is 0 Å². The second kappa shape index (κ2) is 10.2. The molecule has 1 aromatic heterocycles. The van der Waals surface area contributed by atoms with Crippen LogP contribution in [0, 0.1) is 11.3 Å². The summed E-state index contributed by atoms with van der Waals surface area (Å²) in [5.74, 6) is 0.201. The summed E-state index contributed by atoms with van der Waals surface area (Å²) in [5.41, 5.74) is 3.65. The number of carbonyl (C=O) groups is 1. The molecule has 0 aliphatic heterocycles. The minimum atomic E-state index is -0.461. The van der Waals surface area contributed by atoms with Gasteiger partial charge in [0, 0.05) is 41.0 Å². The zero-order chi connectivity index (χ0) is 24.9. The summed E-state index contributed by atoms with van der Waals surface area (Å²) in [6.45, 7) is 3.11. The average Bonchev–Trinajstić information content (AvgIpc) is 3.24. The lowest BCUT2D eigenvalue weighted by Gasteiger charge is -2.07. The van der Waals surface area contributed by atoms with E-state index in [2.05, 4.69) is 52.4 Å². The van der Waals surface area contributed by atoms with Gasteiger partial charge in [0.2, 0.25) is 0 Å². The highest BCUT2D eigenvalue weighted by Gasteiger charge is 2.13. The Balaban J connectivity index is 1.45. The van der Waals surface area contributed by atoms with Crippen LogP contribution in [0.1, 0.15) is 18.1 Å². The molecule has 1 heterocycles. The van der Waals surface area contributed by atoms with Crippen LogP contribution in [-0.4, -0.2) is 17.1 Å². The molecule has 0 atom stereocenters. The fourth-order valence-electron chi connectivity index (χ4n) is 4.39. The first-order chi connectivity index (χ1) is 17.6. The van der Waals surface area contributed by atoms with E-state index in [-0.39, 0.29) is 5.57 Å². The Bertz CT molecular complexity index is 1640. The van der Waals surface area contributed by atoms with Crippen molar-refractivity contribution in [1.82, 2.24) is 4.57 Å². The fourth-order valence-corrected chi connectivity index (χ4v) is 4.39. The molecule has 5 nitrogen and oxygen atoms in total. The average molecular weight is 472 g/mol. The number of nitrogens with one attached hydrogen (secondary N) is 1. The number of para-hydroxylation sites is 1. The van der Waals surface area contributed by atoms with Crippen molar-refractivity contribution >= 4 is 39.3 Å². The van der Waals surface area contributed by atoms with Crippen LogP contribution >= 0.6 is 0 Å². The molecule has 0 aliphatic rings. The third-order valence-electron chi connectivity index (χ3n) is 6.05. The number of nitrogens with zero attached hydrogens (tertiary/aromatic N) is 2. The number of anilines is 1. The van der Waals surface area contributed by atoms with E-state index in [9.17, 15) is 10.1 Å². The van der Waals surface area contributed by atoms with E-state index in [0.717, 1.165) is 16.5 Å². The van der Waals surface area contributed by atoms with E-state index >= 15 is 0 Å². The molecular weight excluding hydrogens is 446 g/mol. The van der Waals surface area contributed by atoms with Gasteiger partial charge in [-0.2, -0.15) is 5.26 Å². The van der Waals surface area contributed by atoms with Crippen LogP contribution < -0.4 is 10.1 Å². The van der Waals surface area contributed by atoms with Gasteiger partial charge >= 0.3 is 0 Å². The highest BCUT2D eigenvalue weighted by atomic mass is 16.5. The molecule has 0 spiro atoms. The van der Waals surface area contributed by atoms with Crippen molar-refractivity contribution in [3.63, 3.8) is 0 Å². The van der Waals surface area contributed by atoms with E-state index in [4.69, 9.17) is 4.74 Å². The quantitative estimate of drug-likeness (QED) is 0.210. The third-order valence-corrected chi connectivity index (χ3v) is 6.05. The first-order valence-electron chi connectivity index (χ1n) is 11.9. The van der Waals surface area contributed by atoms with Gasteiger partial charge in [-0.05, 0) is 53.6 Å². The van der Waals surface area contributed by atoms with Gasteiger partial charge in [0.1, 0.15) is 17.4 Å². The van der Waals surface area contributed by atoms with E-state index < -0.39 is 5.91 Å². The molecule has 0 radical (unpaired) electrons. The van der Waals surface area contributed by atoms with Crippen molar-refractivity contribution in [3.05, 3.63) is 114 Å².